The van der Waals surface area contributed by atoms with Gasteiger partial charge in [0, 0.05) is 64.1 Å². The second kappa shape index (κ2) is 12.4. The van der Waals surface area contributed by atoms with Crippen LogP contribution in [0.15, 0.2) is 24.3 Å². The molecule has 1 atom stereocenters. The second-order valence-corrected chi connectivity index (χ2v) is 8.72. The van der Waals surface area contributed by atoms with Gasteiger partial charge in [-0.2, -0.15) is 13.2 Å². The fraction of sp³-hybridized carbons (Fsp3) is 0.696. The van der Waals surface area contributed by atoms with Crippen LogP contribution in [0, 0.1) is 0 Å². The summed E-state index contributed by atoms with van der Waals surface area (Å²) < 4.78 is 44.2. The molecule has 0 bridgehead atoms. The Morgan fingerprint density at radius 2 is 1.79 bits per heavy atom. The molecule has 0 aliphatic carbocycles. The number of piperazine rings is 1. The molecule has 2 heterocycles. The lowest BCUT2D eigenvalue weighted by Gasteiger charge is -2.36. The normalized spacial score (nSPS) is 19.3. The summed E-state index contributed by atoms with van der Waals surface area (Å²) in [5, 5.41) is 5.85. The number of hydrogen-bond acceptors (Lipinski definition) is 5. The number of carbonyl (C=O) groups excluding carboxylic acids is 1. The molecule has 0 spiro atoms. The number of rotatable bonds is 9. The van der Waals surface area contributed by atoms with Gasteiger partial charge in [0.2, 0.25) is 0 Å². The van der Waals surface area contributed by atoms with Crippen molar-refractivity contribution in [3.8, 4) is 0 Å². The smallest absolute Gasteiger partial charge is 0.379 e. The minimum Gasteiger partial charge on any atom is -0.379 e. The van der Waals surface area contributed by atoms with Gasteiger partial charge in [-0.25, -0.2) is 4.79 Å². The molecule has 1 aromatic rings. The first-order valence-electron chi connectivity index (χ1n) is 11.8. The molecule has 7 nitrogen and oxygen atoms in total. The summed E-state index contributed by atoms with van der Waals surface area (Å²) in [6.07, 6.45) is -2.46. The minimum atomic E-state index is -4.32. The average Bonchev–Trinajstić information content (AvgIpc) is 2.83. The molecular weight excluding hydrogens is 435 g/mol. The maximum absolute atomic E-state index is 12.9. The molecule has 0 unspecified atom stereocenters. The van der Waals surface area contributed by atoms with E-state index in [-0.39, 0.29) is 12.1 Å². The Hall–Kier alpha value is -2.04. The number of ether oxygens (including phenoxy) is 1. The third-order valence-corrected chi connectivity index (χ3v) is 6.32. The summed E-state index contributed by atoms with van der Waals surface area (Å²) in [7, 11) is 0. The van der Waals surface area contributed by atoms with E-state index in [4.69, 9.17) is 4.74 Å². The Labute approximate surface area is 194 Å². The van der Waals surface area contributed by atoms with Crippen LogP contribution >= 0.6 is 0 Å². The zero-order chi connectivity index (χ0) is 23.7. The molecule has 2 saturated heterocycles. The van der Waals surface area contributed by atoms with Gasteiger partial charge in [-0.15, -0.1) is 0 Å². The number of carbonyl (C=O) groups is 1. The Balaban J connectivity index is 1.25. The zero-order valence-electron chi connectivity index (χ0n) is 19.4. The molecule has 2 aliphatic rings. The molecule has 0 aromatic heterocycles. The fourth-order valence-corrected chi connectivity index (χ4v) is 4.22. The van der Waals surface area contributed by atoms with Crippen LogP contribution in [0.4, 0.5) is 23.7 Å². The summed E-state index contributed by atoms with van der Waals surface area (Å²) in [5.74, 6) is 0. The SMILES string of the molecule is C[C@H](CNC(=O)NCCCCN1CCN(c2cccc(C(F)(F)F)c2)CC1)N1CCOCC1. The zero-order valence-corrected chi connectivity index (χ0v) is 19.4. The van der Waals surface area contributed by atoms with Crippen LogP contribution in [-0.2, 0) is 10.9 Å². The van der Waals surface area contributed by atoms with Gasteiger partial charge in [-0.3, -0.25) is 9.80 Å². The summed E-state index contributed by atoms with van der Waals surface area (Å²) in [6.45, 7) is 10.6. The molecule has 0 saturated carbocycles. The van der Waals surface area contributed by atoms with Crippen molar-refractivity contribution in [1.82, 2.24) is 20.4 Å². The molecule has 0 radical (unpaired) electrons. The van der Waals surface area contributed by atoms with Crippen molar-refractivity contribution in [2.45, 2.75) is 32.0 Å². The number of morpholine rings is 1. The highest BCUT2D eigenvalue weighted by Crippen LogP contribution is 2.31. The Morgan fingerprint density at radius 3 is 2.48 bits per heavy atom. The van der Waals surface area contributed by atoms with Crippen molar-refractivity contribution in [2.24, 2.45) is 0 Å². The van der Waals surface area contributed by atoms with Gasteiger partial charge < -0.3 is 20.3 Å². The highest BCUT2D eigenvalue weighted by molar-refractivity contribution is 5.73. The van der Waals surface area contributed by atoms with Crippen molar-refractivity contribution in [2.75, 3.05) is 77.0 Å². The van der Waals surface area contributed by atoms with E-state index in [1.54, 1.807) is 6.07 Å². The van der Waals surface area contributed by atoms with Crippen LogP contribution in [0.3, 0.4) is 0 Å². The quantitative estimate of drug-likeness (QED) is 0.543. The van der Waals surface area contributed by atoms with Gasteiger partial charge in [0.1, 0.15) is 0 Å². The number of anilines is 1. The topological polar surface area (TPSA) is 60.1 Å². The van der Waals surface area contributed by atoms with Crippen molar-refractivity contribution in [3.05, 3.63) is 29.8 Å². The van der Waals surface area contributed by atoms with Crippen molar-refractivity contribution >= 4 is 11.7 Å². The van der Waals surface area contributed by atoms with Gasteiger partial charge >= 0.3 is 12.2 Å². The average molecular weight is 472 g/mol. The highest BCUT2D eigenvalue weighted by atomic mass is 19.4. The van der Waals surface area contributed by atoms with Crippen molar-refractivity contribution in [3.63, 3.8) is 0 Å². The maximum Gasteiger partial charge on any atom is 0.416 e. The Bertz CT molecular complexity index is 735. The van der Waals surface area contributed by atoms with Gasteiger partial charge in [0.05, 0.1) is 18.8 Å². The summed E-state index contributed by atoms with van der Waals surface area (Å²) in [4.78, 5) is 18.7. The van der Waals surface area contributed by atoms with E-state index in [9.17, 15) is 18.0 Å². The molecule has 186 valence electrons. The third-order valence-electron chi connectivity index (χ3n) is 6.32. The van der Waals surface area contributed by atoms with E-state index < -0.39 is 11.7 Å². The Morgan fingerprint density at radius 1 is 1.06 bits per heavy atom. The molecule has 2 fully saturated rings. The minimum absolute atomic E-state index is 0.134. The van der Waals surface area contributed by atoms with E-state index in [1.807, 2.05) is 4.90 Å². The van der Waals surface area contributed by atoms with Crippen LogP contribution in [0.1, 0.15) is 25.3 Å². The Kier molecular flexibility index (Phi) is 9.64. The first-order valence-corrected chi connectivity index (χ1v) is 11.8. The molecule has 2 aliphatic heterocycles. The van der Waals surface area contributed by atoms with Gasteiger partial charge in [0.15, 0.2) is 0 Å². The first-order chi connectivity index (χ1) is 15.8. The van der Waals surface area contributed by atoms with Crippen LogP contribution in [0.5, 0.6) is 0 Å². The van der Waals surface area contributed by atoms with E-state index in [0.29, 0.717) is 31.9 Å². The number of unbranched alkanes of at least 4 members (excludes halogenated alkanes) is 1. The molecule has 2 N–H and O–H groups in total. The molecular formula is C23H36F3N5O2. The van der Waals surface area contributed by atoms with Gasteiger partial charge in [-0.05, 0) is 44.5 Å². The van der Waals surface area contributed by atoms with Crippen LogP contribution in [0.2, 0.25) is 0 Å². The predicted molar refractivity (Wildman–Crippen MR) is 123 cm³/mol. The largest absolute Gasteiger partial charge is 0.416 e. The van der Waals surface area contributed by atoms with Crippen molar-refractivity contribution < 1.29 is 22.7 Å². The predicted octanol–water partition coefficient (Wildman–Crippen LogP) is 2.63. The number of amides is 2. The number of halogens is 3. The van der Waals surface area contributed by atoms with Crippen molar-refractivity contribution in [1.29, 1.82) is 0 Å². The first kappa shape index (κ1) is 25.6. The van der Waals surface area contributed by atoms with E-state index in [1.165, 1.54) is 12.1 Å². The van der Waals surface area contributed by atoms with Crippen LogP contribution in [0.25, 0.3) is 0 Å². The van der Waals surface area contributed by atoms with E-state index in [0.717, 1.165) is 64.8 Å². The van der Waals surface area contributed by atoms with Crippen LogP contribution < -0.4 is 15.5 Å². The highest BCUT2D eigenvalue weighted by Gasteiger charge is 2.31. The molecule has 10 heteroatoms. The number of benzene rings is 1. The lowest BCUT2D eigenvalue weighted by atomic mass is 10.1. The standard InChI is InChI=1S/C23H36F3N5O2/c1-19(30-13-15-33-16-14-30)18-28-22(32)27-7-2-3-8-29-9-11-31(12-10-29)21-6-4-5-20(17-21)23(24,25)26/h4-6,17,19H,2-3,7-16,18H2,1H3,(H2,27,28,32)/t19-/m1/s1. The maximum atomic E-state index is 12.9. The summed E-state index contributed by atoms with van der Waals surface area (Å²) >= 11 is 0. The summed E-state index contributed by atoms with van der Waals surface area (Å²) in [5.41, 5.74) is 0.0251. The second-order valence-electron chi connectivity index (χ2n) is 8.72. The summed E-state index contributed by atoms with van der Waals surface area (Å²) in [6, 6.07) is 5.70. The van der Waals surface area contributed by atoms with Gasteiger partial charge in [0.25, 0.3) is 0 Å². The fourth-order valence-electron chi connectivity index (χ4n) is 4.22. The number of alkyl halides is 3. The lowest BCUT2D eigenvalue weighted by molar-refractivity contribution is -0.137. The van der Waals surface area contributed by atoms with Crippen LogP contribution in [-0.4, -0.2) is 94.0 Å². The molecule has 2 amide bonds. The number of nitrogens with one attached hydrogen (secondary N) is 2. The van der Waals surface area contributed by atoms with E-state index in [2.05, 4.69) is 27.4 Å². The number of hydrogen-bond donors (Lipinski definition) is 2. The lowest BCUT2D eigenvalue weighted by Crippen LogP contribution is -2.49. The third kappa shape index (κ3) is 8.35. The molecule has 3 rings (SSSR count). The monoisotopic (exact) mass is 471 g/mol. The number of urea groups is 1. The number of nitrogens with zero attached hydrogens (tertiary/aromatic N) is 3. The molecule has 1 aromatic carbocycles. The van der Waals surface area contributed by atoms with E-state index >= 15 is 0 Å². The molecule has 33 heavy (non-hydrogen) atoms. The van der Waals surface area contributed by atoms with Gasteiger partial charge in [-0.1, -0.05) is 6.07 Å².